The molecule has 1 heterocycles. The van der Waals surface area contributed by atoms with Crippen molar-refractivity contribution in [1.29, 1.82) is 0 Å². The molecular formula is C65H57KN2S-2. The van der Waals surface area contributed by atoms with Gasteiger partial charge in [0.1, 0.15) is 0 Å². The summed E-state index contributed by atoms with van der Waals surface area (Å²) in [6.45, 7) is 13.7. The summed E-state index contributed by atoms with van der Waals surface area (Å²) < 4.78 is 0. The number of anilines is 3. The quantitative estimate of drug-likeness (QED) is 0.0557. The Bertz CT molecular complexity index is 2990. The maximum Gasteiger partial charge on any atom is 1.00 e. The third-order valence-corrected chi connectivity index (χ3v) is 14.5. The van der Waals surface area contributed by atoms with Crippen molar-refractivity contribution < 1.29 is 51.4 Å². The predicted octanol–water partition coefficient (Wildman–Crippen LogP) is 14.5. The molecule has 4 heteroatoms. The Hall–Kier alpha value is -5.56. The molecule has 0 radical (unpaired) electrons. The number of nitrogens with zero attached hydrogens (tertiary/aromatic N) is 2. The maximum absolute atomic E-state index is 5.02. The van der Waals surface area contributed by atoms with Crippen molar-refractivity contribution in [2.45, 2.75) is 57.6 Å². The number of hydrogen-bond acceptors (Lipinski definition) is 3. The van der Waals surface area contributed by atoms with Gasteiger partial charge in [0.2, 0.25) is 0 Å². The summed E-state index contributed by atoms with van der Waals surface area (Å²) in [5, 5.41) is 0.403. The minimum absolute atomic E-state index is 0. The number of hydrogen-bond donors (Lipinski definition) is 0. The smallest absolute Gasteiger partial charge is 0.378 e. The molecule has 0 spiro atoms. The van der Waals surface area contributed by atoms with Crippen molar-refractivity contribution >= 4 is 46.3 Å². The van der Waals surface area contributed by atoms with E-state index in [9.17, 15) is 0 Å². The monoisotopic (exact) mass is 936 g/mol. The molecule has 0 aromatic heterocycles. The SMILES string of the molecule is Cc1ccc(C2(c3ccc(C)cc3)C3=C(C=CC=CC3C)c3ccc(N(c4ccc([C-]=Nc5[c-]cccc5)cc4)c4ccc(C5CC=C(C6=CCCC=C6)S5)cc4)cc32)cc1.[CH-]=C/C=C\C=C/C.[K+]. The van der Waals surface area contributed by atoms with Crippen LogP contribution in [0.4, 0.5) is 22.7 Å². The first-order chi connectivity index (χ1) is 33.4. The molecule has 336 valence electrons. The molecule has 6 aromatic rings. The summed E-state index contributed by atoms with van der Waals surface area (Å²) in [6, 6.07) is 54.5. The predicted molar refractivity (Wildman–Crippen MR) is 292 cm³/mol. The summed E-state index contributed by atoms with van der Waals surface area (Å²) in [5.41, 5.74) is 17.6. The Morgan fingerprint density at radius 1 is 0.754 bits per heavy atom. The maximum atomic E-state index is 5.02. The Balaban J connectivity index is 0.000000747. The number of benzene rings is 6. The van der Waals surface area contributed by atoms with Gasteiger partial charge in [-0.2, -0.15) is 24.3 Å². The molecule has 0 amide bonds. The fraction of sp³-hybridized carbons (Fsp3) is 0.154. The van der Waals surface area contributed by atoms with Crippen molar-refractivity contribution in [2.75, 3.05) is 4.90 Å². The summed E-state index contributed by atoms with van der Waals surface area (Å²) >= 11 is 2.00. The van der Waals surface area contributed by atoms with Crippen LogP contribution in [-0.2, 0) is 5.41 Å². The van der Waals surface area contributed by atoms with Gasteiger partial charge in [0.25, 0.3) is 0 Å². The molecule has 6 aromatic carbocycles. The molecule has 0 bridgehead atoms. The summed E-state index contributed by atoms with van der Waals surface area (Å²) in [6.07, 6.45) is 34.1. The Kier molecular flexibility index (Phi) is 16.9. The third-order valence-electron chi connectivity index (χ3n) is 13.1. The molecule has 10 rings (SSSR count). The van der Waals surface area contributed by atoms with E-state index in [1.54, 1.807) is 6.08 Å². The van der Waals surface area contributed by atoms with Crippen LogP contribution < -0.4 is 56.3 Å². The van der Waals surface area contributed by atoms with Crippen molar-refractivity contribution in [3.05, 3.63) is 292 Å². The minimum Gasteiger partial charge on any atom is -0.378 e. The second-order valence-corrected chi connectivity index (χ2v) is 18.9. The minimum atomic E-state index is -0.507. The number of aryl methyl sites for hydroxylation is 2. The van der Waals surface area contributed by atoms with E-state index in [0.717, 1.165) is 47.6 Å². The van der Waals surface area contributed by atoms with Crippen LogP contribution in [0.1, 0.15) is 82.9 Å². The molecule has 4 aliphatic rings. The number of thioether (sulfide) groups is 1. The first kappa shape index (κ1) is 49.8. The van der Waals surface area contributed by atoms with Gasteiger partial charge in [0.05, 0.1) is 5.41 Å². The number of rotatable bonds is 11. The zero-order chi connectivity index (χ0) is 46.9. The molecular weight excluding hydrogens is 880 g/mol. The van der Waals surface area contributed by atoms with Gasteiger partial charge in [-0.1, -0.05) is 158 Å². The summed E-state index contributed by atoms with van der Waals surface area (Å²) in [5.74, 6) is 0.208. The van der Waals surface area contributed by atoms with Crippen LogP contribution in [0.5, 0.6) is 0 Å². The second-order valence-electron chi connectivity index (χ2n) is 17.7. The van der Waals surface area contributed by atoms with E-state index in [-0.39, 0.29) is 57.3 Å². The van der Waals surface area contributed by atoms with Crippen LogP contribution in [0, 0.1) is 32.4 Å². The van der Waals surface area contributed by atoms with Gasteiger partial charge in [-0.15, -0.1) is 41.2 Å². The Morgan fingerprint density at radius 2 is 1.45 bits per heavy atom. The number of allylic oxidation sites excluding steroid dienone is 16. The number of aliphatic imine (C=N–C) groups is 1. The van der Waals surface area contributed by atoms with Gasteiger partial charge in [0, 0.05) is 27.2 Å². The average molecular weight is 937 g/mol. The van der Waals surface area contributed by atoms with E-state index < -0.39 is 5.41 Å². The molecule has 3 aliphatic carbocycles. The van der Waals surface area contributed by atoms with E-state index in [1.807, 2.05) is 61.2 Å². The normalized spacial score (nSPS) is 17.7. The van der Waals surface area contributed by atoms with Crippen molar-refractivity contribution in [1.82, 2.24) is 0 Å². The van der Waals surface area contributed by atoms with E-state index >= 15 is 0 Å². The first-order valence-corrected chi connectivity index (χ1v) is 24.6. The van der Waals surface area contributed by atoms with Crippen molar-refractivity contribution in [3.8, 4) is 0 Å². The van der Waals surface area contributed by atoms with Crippen molar-refractivity contribution in [2.24, 2.45) is 10.9 Å². The van der Waals surface area contributed by atoms with Crippen LogP contribution in [0.2, 0.25) is 0 Å². The molecule has 1 aliphatic heterocycles. The van der Waals surface area contributed by atoms with Gasteiger partial charge in [-0.05, 0) is 121 Å². The molecule has 2 nitrogen and oxygen atoms in total. The largest absolute Gasteiger partial charge is 1.00 e. The fourth-order valence-corrected chi connectivity index (χ4v) is 11.1. The molecule has 0 saturated carbocycles. The second kappa shape index (κ2) is 23.4. The van der Waals surface area contributed by atoms with E-state index in [1.165, 1.54) is 66.6 Å². The van der Waals surface area contributed by atoms with Crippen molar-refractivity contribution in [3.63, 3.8) is 0 Å². The molecule has 0 fully saturated rings. The van der Waals surface area contributed by atoms with E-state index in [0.29, 0.717) is 5.25 Å². The van der Waals surface area contributed by atoms with Gasteiger partial charge in [-0.25, -0.2) is 18.2 Å². The van der Waals surface area contributed by atoms with Crippen LogP contribution >= 0.6 is 11.8 Å². The zero-order valence-corrected chi connectivity index (χ0v) is 44.4. The molecule has 2 atom stereocenters. The van der Waals surface area contributed by atoms with E-state index in [4.69, 9.17) is 6.58 Å². The van der Waals surface area contributed by atoms with Gasteiger partial charge >= 0.3 is 51.4 Å². The van der Waals surface area contributed by atoms with Gasteiger partial charge in [-0.3, -0.25) is 6.58 Å². The van der Waals surface area contributed by atoms with Crippen LogP contribution in [0.3, 0.4) is 0 Å². The fourth-order valence-electron chi connectivity index (χ4n) is 9.79. The van der Waals surface area contributed by atoms with Gasteiger partial charge in [0.15, 0.2) is 0 Å². The molecule has 2 unspecified atom stereocenters. The van der Waals surface area contributed by atoms with Crippen LogP contribution in [0.15, 0.2) is 240 Å². The zero-order valence-electron chi connectivity index (χ0n) is 40.4. The van der Waals surface area contributed by atoms with E-state index in [2.05, 4.69) is 207 Å². The van der Waals surface area contributed by atoms with Crippen LogP contribution in [0.25, 0.3) is 5.57 Å². The molecule has 69 heavy (non-hydrogen) atoms. The Morgan fingerprint density at radius 3 is 2.09 bits per heavy atom. The topological polar surface area (TPSA) is 15.6 Å². The first-order valence-electron chi connectivity index (χ1n) is 23.8. The standard InChI is InChI=1S/C58H48N2S.C7H9.K/c1-40-18-26-46(27-19-40)58(47-28-20-41(2)21-29-47)54-38-51(34-35-52(54)53-17-11-10-12-42(3)57(53)58)60(49-30-22-43(23-31-49)39-59-48-15-8-5-9-16-48)50-32-24-45(25-33-50)56-37-36-55(61-56)44-13-6-4-7-14-44;1-3-5-7-6-4-2;/h5-6,8-15,17-36,38,42,56H,4,7,37H2,1-3H3;1,3-7H,2H3;/q-2;-1;+1/b;6-4-,7-5-;. The number of para-hydroxylation sites is 1. The van der Waals surface area contributed by atoms with Crippen LogP contribution in [-0.4, -0.2) is 6.21 Å². The molecule has 0 N–H and O–H groups in total. The average Bonchev–Trinajstić information content (AvgIpc) is 3.93. The molecule has 0 saturated heterocycles. The Labute approximate surface area is 458 Å². The summed E-state index contributed by atoms with van der Waals surface area (Å²) in [4.78, 5) is 8.40. The number of fused-ring (bicyclic) bond motifs is 2. The van der Waals surface area contributed by atoms with Gasteiger partial charge < -0.3 is 9.89 Å². The third kappa shape index (κ3) is 10.9. The summed E-state index contributed by atoms with van der Waals surface area (Å²) in [7, 11) is 0.